The second kappa shape index (κ2) is 8.52. The van der Waals surface area contributed by atoms with Gasteiger partial charge in [0.2, 0.25) is 0 Å². The fourth-order valence-corrected chi connectivity index (χ4v) is 0.657. The molecule has 0 bridgehead atoms. The topological polar surface area (TPSA) is 65.1 Å². The molecular weight excluding hydrogens is 224 g/mol. The van der Waals surface area contributed by atoms with Crippen LogP contribution in [0.25, 0.3) is 0 Å². The van der Waals surface area contributed by atoms with Crippen molar-refractivity contribution >= 4 is 11.9 Å². The van der Waals surface area contributed by atoms with Gasteiger partial charge in [0.1, 0.15) is 12.7 Å². The van der Waals surface area contributed by atoms with Gasteiger partial charge in [-0.15, -0.1) is 0 Å². The number of hydrogen-bond donors (Lipinski definition) is 0. The number of ether oxygens (including phenoxy) is 3. The number of esters is 2. The average molecular weight is 242 g/mol. The Bertz CT molecular complexity index is 291. The largest absolute Gasteiger partial charge is 0.463 e. The van der Waals surface area contributed by atoms with Crippen LogP contribution >= 0.6 is 0 Å². The number of hydrogen-bond acceptors (Lipinski definition) is 5. The Hall–Kier alpha value is -1.62. The van der Waals surface area contributed by atoms with Gasteiger partial charge in [0.05, 0.1) is 13.2 Å². The Morgan fingerprint density at radius 3 is 2.35 bits per heavy atom. The van der Waals surface area contributed by atoms with E-state index in [0.717, 1.165) is 6.08 Å². The van der Waals surface area contributed by atoms with Gasteiger partial charge >= 0.3 is 11.9 Å². The van der Waals surface area contributed by atoms with Crippen LogP contribution < -0.4 is 0 Å². The summed E-state index contributed by atoms with van der Waals surface area (Å²) in [7, 11) is 0. The van der Waals surface area contributed by atoms with Crippen molar-refractivity contribution in [2.24, 2.45) is 0 Å². The monoisotopic (exact) mass is 242 g/mol. The van der Waals surface area contributed by atoms with Crippen LogP contribution in [0.2, 0.25) is 0 Å². The maximum absolute atomic E-state index is 10.7. The van der Waals surface area contributed by atoms with Crippen LogP contribution in [-0.2, 0) is 23.8 Å². The van der Waals surface area contributed by atoms with E-state index < -0.39 is 0 Å². The van der Waals surface area contributed by atoms with E-state index in [9.17, 15) is 9.59 Å². The number of epoxide rings is 1. The molecule has 1 unspecified atom stereocenters. The van der Waals surface area contributed by atoms with Gasteiger partial charge in [0.15, 0.2) is 0 Å². The van der Waals surface area contributed by atoms with Gasteiger partial charge in [-0.25, -0.2) is 9.59 Å². The van der Waals surface area contributed by atoms with Crippen LogP contribution in [0.4, 0.5) is 0 Å². The summed E-state index contributed by atoms with van der Waals surface area (Å²) in [6.45, 7) is 11.5. The summed E-state index contributed by atoms with van der Waals surface area (Å²) < 4.78 is 14.0. The maximum Gasteiger partial charge on any atom is 0.333 e. The first kappa shape index (κ1) is 15.4. The zero-order valence-electron chi connectivity index (χ0n) is 10.2. The summed E-state index contributed by atoms with van der Waals surface area (Å²) in [5.74, 6) is -0.696. The fraction of sp³-hybridized carbons (Fsp3) is 0.500. The van der Waals surface area contributed by atoms with Crippen molar-refractivity contribution in [3.8, 4) is 0 Å². The first-order valence-electron chi connectivity index (χ1n) is 5.24. The number of carbonyl (C=O) groups excluding carboxylic acids is 2. The minimum atomic E-state index is -0.359. The lowest BCUT2D eigenvalue weighted by molar-refractivity contribution is -0.139. The van der Waals surface area contributed by atoms with Crippen LogP contribution in [0, 0.1) is 0 Å². The summed E-state index contributed by atoms with van der Waals surface area (Å²) in [6.07, 6.45) is 1.28. The van der Waals surface area contributed by atoms with E-state index in [1.165, 1.54) is 0 Å². The van der Waals surface area contributed by atoms with Crippen molar-refractivity contribution in [3.05, 3.63) is 24.8 Å². The lowest BCUT2D eigenvalue weighted by atomic mass is 10.4. The van der Waals surface area contributed by atoms with Crippen LogP contribution in [0.3, 0.4) is 0 Å². The lowest BCUT2D eigenvalue weighted by Gasteiger charge is -1.99. The van der Waals surface area contributed by atoms with Crippen molar-refractivity contribution in [1.29, 1.82) is 0 Å². The Labute approximate surface area is 101 Å². The van der Waals surface area contributed by atoms with E-state index in [-0.39, 0.29) is 18.0 Å². The molecule has 0 radical (unpaired) electrons. The van der Waals surface area contributed by atoms with Crippen molar-refractivity contribution in [2.45, 2.75) is 20.0 Å². The lowest BCUT2D eigenvalue weighted by Crippen LogP contribution is -2.09. The first-order chi connectivity index (χ1) is 8.01. The van der Waals surface area contributed by atoms with Crippen molar-refractivity contribution < 1.29 is 23.8 Å². The molecule has 0 aliphatic carbocycles. The normalized spacial score (nSPS) is 16.0. The van der Waals surface area contributed by atoms with Gasteiger partial charge in [-0.1, -0.05) is 13.2 Å². The van der Waals surface area contributed by atoms with Crippen LogP contribution in [-0.4, -0.2) is 37.9 Å². The highest BCUT2D eigenvalue weighted by molar-refractivity contribution is 5.86. The summed E-state index contributed by atoms with van der Waals surface area (Å²) in [5, 5.41) is 0. The SMILES string of the molecule is C=C(C)C(=O)OCC1CO1.C=CC(=O)OCC. The average Bonchev–Trinajstić information content (AvgIpc) is 3.10. The van der Waals surface area contributed by atoms with Gasteiger partial charge in [-0.05, 0) is 13.8 Å². The van der Waals surface area contributed by atoms with E-state index in [1.54, 1.807) is 13.8 Å². The number of carbonyl (C=O) groups is 2. The molecular formula is C12H18O5. The van der Waals surface area contributed by atoms with Gasteiger partial charge < -0.3 is 14.2 Å². The van der Waals surface area contributed by atoms with Crippen molar-refractivity contribution in [2.75, 3.05) is 19.8 Å². The quantitative estimate of drug-likeness (QED) is 0.412. The molecule has 0 saturated carbocycles. The molecule has 17 heavy (non-hydrogen) atoms. The third-order valence-electron chi connectivity index (χ3n) is 1.60. The van der Waals surface area contributed by atoms with E-state index in [0.29, 0.717) is 25.4 Å². The highest BCUT2D eigenvalue weighted by Crippen LogP contribution is 2.09. The predicted molar refractivity (Wildman–Crippen MR) is 62.3 cm³/mol. The molecule has 1 saturated heterocycles. The Morgan fingerprint density at radius 1 is 1.47 bits per heavy atom. The highest BCUT2D eigenvalue weighted by atomic mass is 16.6. The molecule has 1 heterocycles. The molecule has 5 nitrogen and oxygen atoms in total. The smallest absolute Gasteiger partial charge is 0.333 e. The fourth-order valence-electron chi connectivity index (χ4n) is 0.657. The highest BCUT2D eigenvalue weighted by Gasteiger charge is 2.24. The molecule has 0 aromatic heterocycles. The maximum atomic E-state index is 10.7. The summed E-state index contributed by atoms with van der Waals surface area (Å²) >= 11 is 0. The zero-order chi connectivity index (χ0) is 13.3. The summed E-state index contributed by atoms with van der Waals surface area (Å²) in [5.41, 5.74) is 0.431. The third-order valence-corrected chi connectivity index (χ3v) is 1.60. The molecule has 96 valence electrons. The van der Waals surface area contributed by atoms with Gasteiger partial charge in [0, 0.05) is 11.6 Å². The second-order valence-corrected chi connectivity index (χ2v) is 3.29. The second-order valence-electron chi connectivity index (χ2n) is 3.29. The molecule has 0 N–H and O–H groups in total. The van der Waals surface area contributed by atoms with Gasteiger partial charge in [-0.2, -0.15) is 0 Å². The molecule has 0 amide bonds. The minimum absolute atomic E-state index is 0.142. The summed E-state index contributed by atoms with van der Waals surface area (Å²) in [6, 6.07) is 0. The Kier molecular flexibility index (Phi) is 7.71. The summed E-state index contributed by atoms with van der Waals surface area (Å²) in [4.78, 5) is 20.8. The zero-order valence-corrected chi connectivity index (χ0v) is 10.2. The predicted octanol–water partition coefficient (Wildman–Crippen LogP) is 1.24. The van der Waals surface area contributed by atoms with Crippen molar-refractivity contribution in [1.82, 2.24) is 0 Å². The standard InChI is InChI=1S/C7H10O3.C5H8O2/c1-5(2)7(8)10-4-6-3-9-6;1-3-5(6)7-4-2/h6H,1,3-4H2,2H3;3H,1,4H2,2H3. The molecule has 1 aliphatic heterocycles. The van der Waals surface area contributed by atoms with Crippen LogP contribution in [0.5, 0.6) is 0 Å². The molecule has 1 rings (SSSR count). The Balaban J connectivity index is 0.000000325. The third kappa shape index (κ3) is 9.32. The molecule has 1 fully saturated rings. The molecule has 1 aliphatic rings. The van der Waals surface area contributed by atoms with E-state index >= 15 is 0 Å². The van der Waals surface area contributed by atoms with Crippen LogP contribution in [0.1, 0.15) is 13.8 Å². The number of rotatable bonds is 5. The molecule has 1 atom stereocenters. The molecule has 0 spiro atoms. The first-order valence-corrected chi connectivity index (χ1v) is 5.24. The van der Waals surface area contributed by atoms with E-state index in [4.69, 9.17) is 9.47 Å². The molecule has 0 aromatic rings. The van der Waals surface area contributed by atoms with E-state index in [1.807, 2.05) is 0 Å². The van der Waals surface area contributed by atoms with Gasteiger partial charge in [-0.3, -0.25) is 0 Å². The Morgan fingerprint density at radius 2 is 2.06 bits per heavy atom. The van der Waals surface area contributed by atoms with E-state index in [2.05, 4.69) is 17.9 Å². The van der Waals surface area contributed by atoms with Crippen LogP contribution in [0.15, 0.2) is 24.8 Å². The minimum Gasteiger partial charge on any atom is -0.463 e. The molecule has 0 aromatic carbocycles. The van der Waals surface area contributed by atoms with Crippen molar-refractivity contribution in [3.63, 3.8) is 0 Å². The molecule has 5 heteroatoms. The van der Waals surface area contributed by atoms with Gasteiger partial charge in [0.25, 0.3) is 0 Å².